The molecule has 0 amide bonds. The Balaban J connectivity index is 1.86. The highest BCUT2D eigenvalue weighted by Gasteiger charge is 2.12. The molecule has 1 aliphatic rings. The standard InChI is InChI=1S/C13H19N3O3/c1-10-9-11(12(17)18)15-13(14-10)19-8-7-16-5-3-2-4-6-16/h9H,2-8H2,1H3,(H,17,18). The van der Waals surface area contributed by atoms with E-state index in [1.165, 1.54) is 25.3 Å². The van der Waals surface area contributed by atoms with Crippen LogP contribution in [0.15, 0.2) is 6.07 Å². The molecule has 0 aromatic carbocycles. The third-order valence-corrected chi connectivity index (χ3v) is 3.14. The maximum absolute atomic E-state index is 10.9. The first kappa shape index (κ1) is 13.7. The molecule has 0 atom stereocenters. The largest absolute Gasteiger partial charge is 0.477 e. The molecule has 1 fully saturated rings. The van der Waals surface area contributed by atoms with Gasteiger partial charge in [0.1, 0.15) is 6.61 Å². The molecule has 0 bridgehead atoms. The van der Waals surface area contributed by atoms with E-state index in [0.29, 0.717) is 12.3 Å². The summed E-state index contributed by atoms with van der Waals surface area (Å²) >= 11 is 0. The topological polar surface area (TPSA) is 75.6 Å². The third-order valence-electron chi connectivity index (χ3n) is 3.14. The van der Waals surface area contributed by atoms with Gasteiger partial charge in [-0.25, -0.2) is 9.78 Å². The zero-order chi connectivity index (χ0) is 13.7. The van der Waals surface area contributed by atoms with Crippen molar-refractivity contribution in [3.8, 4) is 6.01 Å². The van der Waals surface area contributed by atoms with Crippen LogP contribution in [-0.2, 0) is 0 Å². The number of piperidine rings is 1. The molecule has 1 aliphatic heterocycles. The number of likely N-dealkylation sites (tertiary alicyclic amines) is 1. The molecule has 104 valence electrons. The van der Waals surface area contributed by atoms with Crippen LogP contribution in [0.3, 0.4) is 0 Å². The minimum absolute atomic E-state index is 0.0273. The van der Waals surface area contributed by atoms with Gasteiger partial charge in [0.15, 0.2) is 5.69 Å². The van der Waals surface area contributed by atoms with E-state index in [9.17, 15) is 4.79 Å². The van der Waals surface area contributed by atoms with Gasteiger partial charge in [0.05, 0.1) is 0 Å². The Labute approximate surface area is 112 Å². The Kier molecular flexibility index (Phi) is 4.68. The molecule has 1 aromatic rings. The molecule has 1 aromatic heterocycles. The third kappa shape index (κ3) is 4.17. The highest BCUT2D eigenvalue weighted by molar-refractivity contribution is 5.85. The maximum atomic E-state index is 10.9. The van der Waals surface area contributed by atoms with Gasteiger partial charge in [-0.1, -0.05) is 6.42 Å². The number of ether oxygens (including phenoxy) is 1. The Morgan fingerprint density at radius 3 is 2.79 bits per heavy atom. The van der Waals surface area contributed by atoms with Gasteiger partial charge in [0.2, 0.25) is 0 Å². The second kappa shape index (κ2) is 6.47. The normalized spacial score (nSPS) is 16.3. The van der Waals surface area contributed by atoms with E-state index < -0.39 is 5.97 Å². The van der Waals surface area contributed by atoms with E-state index in [4.69, 9.17) is 9.84 Å². The molecule has 2 heterocycles. The van der Waals surface area contributed by atoms with E-state index in [0.717, 1.165) is 19.6 Å². The van der Waals surface area contributed by atoms with Crippen LogP contribution in [-0.4, -0.2) is 52.2 Å². The van der Waals surface area contributed by atoms with Gasteiger partial charge in [-0.2, -0.15) is 4.98 Å². The van der Waals surface area contributed by atoms with E-state index >= 15 is 0 Å². The molecule has 0 radical (unpaired) electrons. The van der Waals surface area contributed by atoms with Crippen LogP contribution in [0.2, 0.25) is 0 Å². The van der Waals surface area contributed by atoms with Crippen LogP contribution < -0.4 is 4.74 Å². The molecule has 6 nitrogen and oxygen atoms in total. The molecule has 0 aliphatic carbocycles. The summed E-state index contributed by atoms with van der Waals surface area (Å²) < 4.78 is 5.45. The molecular weight excluding hydrogens is 246 g/mol. The van der Waals surface area contributed by atoms with Gasteiger partial charge >= 0.3 is 12.0 Å². The van der Waals surface area contributed by atoms with Crippen LogP contribution in [0.1, 0.15) is 35.4 Å². The van der Waals surface area contributed by atoms with Gasteiger partial charge in [-0.3, -0.25) is 4.90 Å². The number of carboxylic acid groups (broad SMARTS) is 1. The second-order valence-corrected chi connectivity index (χ2v) is 4.73. The molecular formula is C13H19N3O3. The Morgan fingerprint density at radius 2 is 2.11 bits per heavy atom. The summed E-state index contributed by atoms with van der Waals surface area (Å²) in [7, 11) is 0. The summed E-state index contributed by atoms with van der Waals surface area (Å²) in [5.74, 6) is -1.06. The predicted octanol–water partition coefficient (Wildman–Crippen LogP) is 1.35. The Bertz CT molecular complexity index is 445. The van der Waals surface area contributed by atoms with E-state index in [1.54, 1.807) is 6.92 Å². The average molecular weight is 265 g/mol. The molecule has 1 saturated heterocycles. The fraction of sp³-hybridized carbons (Fsp3) is 0.615. The molecule has 6 heteroatoms. The molecule has 0 spiro atoms. The van der Waals surface area contributed by atoms with Gasteiger partial charge in [-0.15, -0.1) is 0 Å². The van der Waals surface area contributed by atoms with Crippen molar-refractivity contribution in [1.82, 2.24) is 14.9 Å². The molecule has 2 rings (SSSR count). The lowest BCUT2D eigenvalue weighted by Gasteiger charge is -2.25. The SMILES string of the molecule is Cc1cc(C(=O)O)nc(OCCN2CCCCC2)n1. The van der Waals surface area contributed by atoms with Gasteiger partial charge in [0, 0.05) is 12.2 Å². The summed E-state index contributed by atoms with van der Waals surface area (Å²) in [5, 5.41) is 8.91. The fourth-order valence-electron chi connectivity index (χ4n) is 2.16. The van der Waals surface area contributed by atoms with Crippen molar-refractivity contribution in [2.24, 2.45) is 0 Å². The minimum Gasteiger partial charge on any atom is -0.477 e. The zero-order valence-corrected chi connectivity index (χ0v) is 11.1. The van der Waals surface area contributed by atoms with E-state index in [-0.39, 0.29) is 11.7 Å². The molecule has 0 saturated carbocycles. The van der Waals surface area contributed by atoms with Crippen molar-refractivity contribution in [2.75, 3.05) is 26.2 Å². The van der Waals surface area contributed by atoms with Crippen molar-refractivity contribution in [3.63, 3.8) is 0 Å². The first-order valence-electron chi connectivity index (χ1n) is 6.59. The van der Waals surface area contributed by atoms with Crippen LogP contribution in [0.4, 0.5) is 0 Å². The average Bonchev–Trinajstić information content (AvgIpc) is 2.39. The molecule has 1 N–H and O–H groups in total. The smallest absolute Gasteiger partial charge is 0.354 e. The molecule has 19 heavy (non-hydrogen) atoms. The van der Waals surface area contributed by atoms with Crippen LogP contribution in [0.25, 0.3) is 0 Å². The lowest BCUT2D eigenvalue weighted by atomic mass is 10.1. The maximum Gasteiger partial charge on any atom is 0.354 e. The van der Waals surface area contributed by atoms with Crippen molar-refractivity contribution in [1.29, 1.82) is 0 Å². The summed E-state index contributed by atoms with van der Waals surface area (Å²) in [4.78, 5) is 21.2. The van der Waals surface area contributed by atoms with Crippen molar-refractivity contribution >= 4 is 5.97 Å². The first-order valence-corrected chi connectivity index (χ1v) is 6.59. The number of hydrogen-bond donors (Lipinski definition) is 1. The van der Waals surface area contributed by atoms with Gasteiger partial charge in [-0.05, 0) is 38.9 Å². The number of aromatic nitrogens is 2. The summed E-state index contributed by atoms with van der Waals surface area (Å²) in [6.07, 6.45) is 3.79. The number of aryl methyl sites for hydroxylation is 1. The van der Waals surface area contributed by atoms with E-state index in [2.05, 4.69) is 14.9 Å². The monoisotopic (exact) mass is 265 g/mol. The summed E-state index contributed by atoms with van der Waals surface area (Å²) in [6, 6.07) is 1.58. The van der Waals surface area contributed by atoms with Crippen LogP contribution in [0.5, 0.6) is 6.01 Å². The van der Waals surface area contributed by atoms with Crippen molar-refractivity contribution in [3.05, 3.63) is 17.5 Å². The summed E-state index contributed by atoms with van der Waals surface area (Å²) in [5.41, 5.74) is 0.570. The zero-order valence-electron chi connectivity index (χ0n) is 11.1. The highest BCUT2D eigenvalue weighted by Crippen LogP contribution is 2.09. The lowest BCUT2D eigenvalue weighted by molar-refractivity contribution is 0.0688. The fourth-order valence-corrected chi connectivity index (χ4v) is 2.16. The van der Waals surface area contributed by atoms with Gasteiger partial charge < -0.3 is 9.84 Å². The number of rotatable bonds is 5. The minimum atomic E-state index is -1.06. The Morgan fingerprint density at radius 1 is 1.37 bits per heavy atom. The van der Waals surface area contributed by atoms with Crippen molar-refractivity contribution in [2.45, 2.75) is 26.2 Å². The number of aromatic carboxylic acids is 1. The first-order chi connectivity index (χ1) is 9.15. The van der Waals surface area contributed by atoms with Gasteiger partial charge in [0.25, 0.3) is 0 Å². The highest BCUT2D eigenvalue weighted by atomic mass is 16.5. The van der Waals surface area contributed by atoms with E-state index in [1.807, 2.05) is 0 Å². The number of hydrogen-bond acceptors (Lipinski definition) is 5. The summed E-state index contributed by atoms with van der Waals surface area (Å²) in [6.45, 7) is 5.27. The number of carbonyl (C=O) groups is 1. The van der Waals surface area contributed by atoms with Crippen LogP contribution in [0, 0.1) is 6.92 Å². The lowest BCUT2D eigenvalue weighted by Crippen LogP contribution is -2.33. The predicted molar refractivity (Wildman–Crippen MR) is 69.5 cm³/mol. The van der Waals surface area contributed by atoms with Crippen LogP contribution >= 0.6 is 0 Å². The molecule has 0 unspecified atom stereocenters. The number of nitrogens with zero attached hydrogens (tertiary/aromatic N) is 3. The quantitative estimate of drug-likeness (QED) is 0.866. The number of carboxylic acids is 1. The second-order valence-electron chi connectivity index (χ2n) is 4.73. The Hall–Kier alpha value is -1.69. The van der Waals surface area contributed by atoms with Crippen molar-refractivity contribution < 1.29 is 14.6 Å².